The molecular weight excluding hydrogens is 328 g/mol. The Morgan fingerprint density at radius 2 is 2.12 bits per heavy atom. The lowest BCUT2D eigenvalue weighted by Crippen LogP contribution is -2.37. The standard InChI is InChI=1S/C22H20O4/c1-2-11-25-17-8-6-15-14(12-16(17)23)5-7-18-19(15)20(24)21-9-3-4-10-22(21,13-21)26-18/h3-5,7-10,12,23H,2,6,11,13H2,1H3. The molecule has 1 N–H and O–H groups in total. The van der Waals surface area contributed by atoms with Crippen LogP contribution in [0.15, 0.2) is 54.0 Å². The maximum atomic E-state index is 13.4. The third-order valence-electron chi connectivity index (χ3n) is 5.76. The Morgan fingerprint density at radius 3 is 2.96 bits per heavy atom. The molecule has 1 aromatic rings. The van der Waals surface area contributed by atoms with Crippen LogP contribution in [0.5, 0.6) is 5.75 Å². The first-order valence-corrected chi connectivity index (χ1v) is 9.11. The minimum atomic E-state index is -0.562. The van der Waals surface area contributed by atoms with Crippen LogP contribution in [0, 0.1) is 5.41 Å². The third kappa shape index (κ3) is 1.87. The highest BCUT2D eigenvalue weighted by Crippen LogP contribution is 2.67. The minimum Gasteiger partial charge on any atom is -0.504 e. The Balaban J connectivity index is 1.61. The molecule has 1 saturated carbocycles. The van der Waals surface area contributed by atoms with Gasteiger partial charge in [-0.2, -0.15) is 0 Å². The van der Waals surface area contributed by atoms with E-state index in [1.807, 2.05) is 49.4 Å². The Morgan fingerprint density at radius 1 is 1.27 bits per heavy atom. The van der Waals surface area contributed by atoms with E-state index in [9.17, 15) is 9.90 Å². The Labute approximate surface area is 152 Å². The van der Waals surface area contributed by atoms with Crippen LogP contribution in [0.3, 0.4) is 0 Å². The summed E-state index contributed by atoms with van der Waals surface area (Å²) in [6.45, 7) is 2.56. The van der Waals surface area contributed by atoms with E-state index in [0.29, 0.717) is 36.5 Å². The van der Waals surface area contributed by atoms with E-state index in [0.717, 1.165) is 17.5 Å². The van der Waals surface area contributed by atoms with E-state index < -0.39 is 11.0 Å². The number of hydrogen-bond donors (Lipinski definition) is 1. The molecular formula is C22H20O4. The first-order valence-electron chi connectivity index (χ1n) is 9.11. The molecule has 4 heteroatoms. The molecule has 2 atom stereocenters. The van der Waals surface area contributed by atoms with Gasteiger partial charge in [0.25, 0.3) is 0 Å². The van der Waals surface area contributed by atoms with Crippen LogP contribution in [0.1, 0.15) is 41.3 Å². The van der Waals surface area contributed by atoms with Gasteiger partial charge in [-0.3, -0.25) is 4.79 Å². The van der Waals surface area contributed by atoms with Crippen molar-refractivity contribution in [3.63, 3.8) is 0 Å². The van der Waals surface area contributed by atoms with Gasteiger partial charge in [0, 0.05) is 6.42 Å². The number of carbonyl (C=O) groups is 1. The number of fused-ring (bicyclic) bond motifs is 3. The van der Waals surface area contributed by atoms with Crippen molar-refractivity contribution in [2.24, 2.45) is 5.41 Å². The summed E-state index contributed by atoms with van der Waals surface area (Å²) >= 11 is 0. The highest BCUT2D eigenvalue weighted by atomic mass is 16.5. The molecule has 4 aliphatic rings. The topological polar surface area (TPSA) is 55.8 Å². The largest absolute Gasteiger partial charge is 0.504 e. The summed E-state index contributed by atoms with van der Waals surface area (Å²) in [7, 11) is 0. The van der Waals surface area contributed by atoms with Crippen molar-refractivity contribution in [3.8, 4) is 5.75 Å². The second-order valence-corrected chi connectivity index (χ2v) is 7.34. The number of hydrogen-bond acceptors (Lipinski definition) is 4. The van der Waals surface area contributed by atoms with Gasteiger partial charge in [0.05, 0.1) is 17.6 Å². The number of ketones is 1. The number of rotatable bonds is 3. The van der Waals surface area contributed by atoms with Gasteiger partial charge in [-0.05, 0) is 48.3 Å². The van der Waals surface area contributed by atoms with Gasteiger partial charge in [0.2, 0.25) is 0 Å². The predicted molar refractivity (Wildman–Crippen MR) is 98.1 cm³/mol. The Kier molecular flexibility index (Phi) is 3.06. The van der Waals surface area contributed by atoms with Gasteiger partial charge >= 0.3 is 0 Å². The van der Waals surface area contributed by atoms with Crippen LogP contribution >= 0.6 is 0 Å². The lowest BCUT2D eigenvalue weighted by atomic mass is 9.82. The number of allylic oxidation sites excluding steroid dienone is 3. The quantitative estimate of drug-likeness (QED) is 0.886. The molecule has 0 amide bonds. The van der Waals surface area contributed by atoms with Crippen LogP contribution in [0.25, 0.3) is 6.08 Å². The van der Waals surface area contributed by atoms with Crippen LogP contribution in [0.2, 0.25) is 0 Å². The molecule has 1 aromatic carbocycles. The van der Waals surface area contributed by atoms with E-state index in [-0.39, 0.29) is 11.5 Å². The number of ether oxygens (including phenoxy) is 2. The summed E-state index contributed by atoms with van der Waals surface area (Å²) < 4.78 is 11.9. The van der Waals surface area contributed by atoms with Crippen molar-refractivity contribution in [3.05, 3.63) is 70.7 Å². The second-order valence-electron chi connectivity index (χ2n) is 7.34. The van der Waals surface area contributed by atoms with Gasteiger partial charge in [-0.25, -0.2) is 0 Å². The lowest BCUT2D eigenvalue weighted by molar-refractivity contribution is 0.0805. The average molecular weight is 348 g/mol. The van der Waals surface area contributed by atoms with Crippen molar-refractivity contribution < 1.29 is 19.4 Å². The molecule has 0 bridgehead atoms. The Hall–Kier alpha value is -2.75. The molecule has 1 aliphatic heterocycles. The van der Waals surface area contributed by atoms with Gasteiger partial charge in [-0.15, -0.1) is 0 Å². The smallest absolute Gasteiger partial charge is 0.181 e. The SMILES string of the molecule is CCCOC1=CCc2c(ccc3c2C(=O)C24C=CC=CC2(C4)O3)C=C1O. The fourth-order valence-electron chi connectivity index (χ4n) is 4.33. The van der Waals surface area contributed by atoms with E-state index >= 15 is 0 Å². The van der Waals surface area contributed by atoms with Gasteiger partial charge in [-0.1, -0.05) is 31.2 Å². The molecule has 1 fully saturated rings. The maximum Gasteiger partial charge on any atom is 0.181 e. The summed E-state index contributed by atoms with van der Waals surface area (Å²) in [6, 6.07) is 3.75. The van der Waals surface area contributed by atoms with Crippen LogP contribution in [0.4, 0.5) is 0 Å². The van der Waals surface area contributed by atoms with Crippen molar-refractivity contribution >= 4 is 11.9 Å². The van der Waals surface area contributed by atoms with Crippen molar-refractivity contribution in [2.45, 2.75) is 31.8 Å². The average Bonchev–Trinajstić information content (AvgIpc) is 3.35. The molecule has 1 heterocycles. The first kappa shape index (κ1) is 15.5. The Bertz CT molecular complexity index is 949. The molecule has 0 radical (unpaired) electrons. The van der Waals surface area contributed by atoms with Crippen molar-refractivity contribution in [2.75, 3.05) is 6.61 Å². The minimum absolute atomic E-state index is 0.0979. The zero-order valence-corrected chi connectivity index (χ0v) is 14.6. The van der Waals surface area contributed by atoms with E-state index in [1.165, 1.54) is 0 Å². The van der Waals surface area contributed by atoms with Crippen LogP contribution in [-0.4, -0.2) is 23.1 Å². The summed E-state index contributed by atoms with van der Waals surface area (Å²) in [5.41, 5.74) is 1.31. The number of carbonyl (C=O) groups excluding carboxylic acids is 1. The normalized spacial score (nSPS) is 30.0. The molecule has 2 unspecified atom stereocenters. The van der Waals surface area contributed by atoms with Gasteiger partial charge < -0.3 is 14.6 Å². The number of Topliss-reactive ketones (excluding diaryl/α,β-unsaturated/α-hetero) is 1. The van der Waals surface area contributed by atoms with E-state index in [4.69, 9.17) is 9.47 Å². The molecule has 5 rings (SSSR count). The van der Waals surface area contributed by atoms with E-state index in [1.54, 1.807) is 6.08 Å². The van der Waals surface area contributed by atoms with Gasteiger partial charge in [0.1, 0.15) is 11.4 Å². The van der Waals surface area contributed by atoms with Crippen molar-refractivity contribution in [1.29, 1.82) is 0 Å². The molecule has 26 heavy (non-hydrogen) atoms. The zero-order valence-electron chi connectivity index (χ0n) is 14.6. The first-order chi connectivity index (χ1) is 12.6. The van der Waals surface area contributed by atoms with Crippen molar-refractivity contribution in [1.82, 2.24) is 0 Å². The summed E-state index contributed by atoms with van der Waals surface area (Å²) in [4.78, 5) is 13.4. The molecule has 0 spiro atoms. The second kappa shape index (κ2) is 5.13. The van der Waals surface area contributed by atoms with Gasteiger partial charge in [0.15, 0.2) is 17.3 Å². The molecule has 4 nitrogen and oxygen atoms in total. The zero-order chi connectivity index (χ0) is 17.9. The highest BCUT2D eigenvalue weighted by molar-refractivity contribution is 6.11. The monoisotopic (exact) mass is 348 g/mol. The lowest BCUT2D eigenvalue weighted by Gasteiger charge is -2.31. The maximum absolute atomic E-state index is 13.4. The van der Waals surface area contributed by atoms with Crippen LogP contribution in [-0.2, 0) is 11.2 Å². The predicted octanol–water partition coefficient (Wildman–Crippen LogP) is 4.28. The summed E-state index contributed by atoms with van der Waals surface area (Å²) in [5, 5.41) is 10.4. The molecule has 132 valence electrons. The molecule has 3 aliphatic carbocycles. The molecule has 0 aromatic heterocycles. The molecule has 0 saturated heterocycles. The summed E-state index contributed by atoms with van der Waals surface area (Å²) in [5.74, 6) is 1.33. The van der Waals surface area contributed by atoms with Crippen LogP contribution < -0.4 is 4.74 Å². The number of aliphatic hydroxyl groups excluding tert-OH is 1. The highest BCUT2D eigenvalue weighted by Gasteiger charge is 2.74. The fourth-order valence-corrected chi connectivity index (χ4v) is 4.33. The fraction of sp³-hybridized carbons (Fsp3) is 0.318. The number of benzene rings is 1. The number of aliphatic hydroxyl groups is 1. The summed E-state index contributed by atoms with van der Waals surface area (Å²) in [6.07, 6.45) is 13.5. The van der Waals surface area contributed by atoms with E-state index in [2.05, 4.69) is 0 Å². The third-order valence-corrected chi connectivity index (χ3v) is 5.76.